The third kappa shape index (κ3) is 7.55. The normalized spacial score (nSPS) is 15.8. The van der Waals surface area contributed by atoms with E-state index in [0.717, 1.165) is 60.6 Å². The third-order valence-electron chi connectivity index (χ3n) is 11.8. The molecule has 0 fully saturated rings. The number of para-hydroxylation sites is 2. The van der Waals surface area contributed by atoms with Crippen molar-refractivity contribution in [3.05, 3.63) is 172 Å². The summed E-state index contributed by atoms with van der Waals surface area (Å²) in [4.78, 5) is 12.3. The Morgan fingerprint density at radius 2 is 1.65 bits per heavy atom. The maximum absolute atomic E-state index is 7.77. The van der Waals surface area contributed by atoms with Gasteiger partial charge in [0, 0.05) is 32.8 Å². The SMILES string of the molecule is CC(C)Cc1cc(-c2[c-]cccc2)ncc1[Si](C)(C)C.[2H]C([2H])([2H])c1ccc2c(n1)sc1c[c-]c(C3[N-]c4ccccc4N3c3cc4c(cc3C)-c3ccccc3C4(C)C)cc12.[Ir+3]. The molecular formula is C53H51IrN4SSi. The van der Waals surface area contributed by atoms with Crippen LogP contribution in [0.1, 0.15) is 71.5 Å². The van der Waals surface area contributed by atoms with E-state index >= 15 is 0 Å². The smallest absolute Gasteiger partial charge is 0.661 e. The number of hydrogen-bond acceptors (Lipinski definition) is 4. The molecule has 10 rings (SSSR count). The molecule has 0 saturated carbocycles. The zero-order valence-electron chi connectivity index (χ0n) is 38.4. The van der Waals surface area contributed by atoms with Crippen LogP contribution in [0, 0.1) is 31.8 Å². The van der Waals surface area contributed by atoms with Crippen molar-refractivity contribution in [3.63, 3.8) is 0 Å². The molecule has 0 saturated heterocycles. The summed E-state index contributed by atoms with van der Waals surface area (Å²) >= 11 is 1.50. The van der Waals surface area contributed by atoms with E-state index in [-0.39, 0.29) is 37.4 Å². The van der Waals surface area contributed by atoms with E-state index in [4.69, 9.17) is 9.43 Å². The van der Waals surface area contributed by atoms with E-state index in [0.29, 0.717) is 5.92 Å². The summed E-state index contributed by atoms with van der Waals surface area (Å²) in [5.74, 6) is 0.667. The summed E-state index contributed by atoms with van der Waals surface area (Å²) in [5, 5.41) is 8.70. The Hall–Kier alpha value is -4.91. The maximum Gasteiger partial charge on any atom is 3.00 e. The molecule has 0 N–H and O–H groups in total. The van der Waals surface area contributed by atoms with Crippen molar-refractivity contribution < 1.29 is 24.2 Å². The molecule has 302 valence electrons. The van der Waals surface area contributed by atoms with Gasteiger partial charge in [-0.25, -0.2) is 4.98 Å². The second-order valence-electron chi connectivity index (χ2n) is 17.9. The number of thiophene rings is 1. The van der Waals surface area contributed by atoms with Crippen molar-refractivity contribution in [1.29, 1.82) is 0 Å². The molecule has 0 bridgehead atoms. The zero-order valence-corrected chi connectivity index (χ0v) is 39.7. The molecule has 8 aromatic rings. The first kappa shape index (κ1) is 38.0. The van der Waals surface area contributed by atoms with Gasteiger partial charge in [0.15, 0.2) is 0 Å². The second kappa shape index (κ2) is 16.2. The van der Waals surface area contributed by atoms with Gasteiger partial charge < -0.3 is 15.2 Å². The second-order valence-corrected chi connectivity index (χ2v) is 24.0. The van der Waals surface area contributed by atoms with Crippen molar-refractivity contribution in [3.8, 4) is 22.4 Å². The Kier molecular flexibility index (Phi) is 10.3. The van der Waals surface area contributed by atoms with Gasteiger partial charge in [0.05, 0.1) is 8.07 Å². The number of pyridine rings is 2. The van der Waals surface area contributed by atoms with Gasteiger partial charge in [-0.1, -0.05) is 112 Å². The summed E-state index contributed by atoms with van der Waals surface area (Å²) in [5.41, 5.74) is 14.2. The molecule has 2 aliphatic rings. The Morgan fingerprint density at radius 3 is 2.42 bits per heavy atom. The molecule has 1 atom stereocenters. The summed E-state index contributed by atoms with van der Waals surface area (Å²) in [7, 11) is -1.34. The molecule has 1 aliphatic heterocycles. The quantitative estimate of drug-likeness (QED) is 0.123. The van der Waals surface area contributed by atoms with Crippen LogP contribution in [-0.2, 0) is 31.9 Å². The zero-order chi connectivity index (χ0) is 43.7. The van der Waals surface area contributed by atoms with Gasteiger partial charge in [-0.3, -0.25) is 0 Å². The molecular weight excluding hydrogens is 945 g/mol. The molecule has 60 heavy (non-hydrogen) atoms. The number of hydrogen-bond donors (Lipinski definition) is 0. The van der Waals surface area contributed by atoms with Crippen molar-refractivity contribution in [1.82, 2.24) is 9.97 Å². The van der Waals surface area contributed by atoms with Crippen molar-refractivity contribution in [2.24, 2.45) is 5.92 Å². The first-order valence-corrected chi connectivity index (χ1v) is 24.9. The molecule has 1 unspecified atom stereocenters. The fraction of sp³-hybridized carbons (Fsp3) is 0.245. The molecule has 0 amide bonds. The molecule has 1 aliphatic carbocycles. The summed E-state index contributed by atoms with van der Waals surface area (Å²) in [6.07, 6.45) is 2.95. The van der Waals surface area contributed by atoms with Crippen LogP contribution in [0.4, 0.5) is 17.1 Å². The largest absolute Gasteiger partial charge is 3.00 e. The Labute approximate surface area is 378 Å². The van der Waals surface area contributed by atoms with Gasteiger partial charge in [-0.15, -0.1) is 47.0 Å². The van der Waals surface area contributed by atoms with Crippen molar-refractivity contribution in [2.75, 3.05) is 4.90 Å². The number of rotatable bonds is 6. The van der Waals surface area contributed by atoms with Crippen LogP contribution in [0.3, 0.4) is 0 Å². The van der Waals surface area contributed by atoms with E-state index in [2.05, 4.69) is 160 Å². The number of benzene rings is 5. The summed E-state index contributed by atoms with van der Waals surface area (Å²) < 4.78 is 24.4. The molecule has 7 heteroatoms. The fourth-order valence-corrected chi connectivity index (χ4v) is 11.5. The van der Waals surface area contributed by atoms with Crippen molar-refractivity contribution in [2.45, 2.75) is 79.1 Å². The maximum atomic E-state index is 7.77. The van der Waals surface area contributed by atoms with Gasteiger partial charge in [0.25, 0.3) is 0 Å². The minimum Gasteiger partial charge on any atom is -0.661 e. The monoisotopic (exact) mass is 999 g/mol. The van der Waals surface area contributed by atoms with E-state index in [9.17, 15) is 0 Å². The van der Waals surface area contributed by atoms with E-state index in [1.54, 1.807) is 6.07 Å². The van der Waals surface area contributed by atoms with Crippen LogP contribution in [0.2, 0.25) is 19.6 Å². The molecule has 4 nitrogen and oxygen atoms in total. The fourth-order valence-electron chi connectivity index (χ4n) is 8.92. The molecule has 5 aromatic carbocycles. The summed E-state index contributed by atoms with van der Waals surface area (Å²) in [6.45, 7) is 16.3. The minimum absolute atomic E-state index is 0. The number of fused-ring (bicyclic) bond motifs is 7. The molecule has 4 heterocycles. The topological polar surface area (TPSA) is 43.1 Å². The number of aromatic nitrogens is 2. The van der Waals surface area contributed by atoms with Crippen LogP contribution in [0.15, 0.2) is 121 Å². The average molecular weight is 999 g/mol. The van der Waals surface area contributed by atoms with E-state index in [1.165, 1.54) is 49.9 Å². The molecule has 3 aromatic heterocycles. The van der Waals surface area contributed by atoms with Crippen molar-refractivity contribution >= 4 is 62.0 Å². The van der Waals surface area contributed by atoms with Crippen LogP contribution in [0.25, 0.3) is 48.0 Å². The van der Waals surface area contributed by atoms with Crippen LogP contribution >= 0.6 is 11.3 Å². The predicted octanol–water partition coefficient (Wildman–Crippen LogP) is 14.3. The number of nitrogens with zero attached hydrogens (tertiary/aromatic N) is 4. The molecule has 0 radical (unpaired) electrons. The first-order chi connectivity index (χ1) is 29.5. The molecule has 0 spiro atoms. The third-order valence-corrected chi connectivity index (χ3v) is 14.9. The predicted molar refractivity (Wildman–Crippen MR) is 254 cm³/mol. The van der Waals surface area contributed by atoms with Gasteiger partial charge in [-0.2, -0.15) is 35.1 Å². The van der Waals surface area contributed by atoms with E-state index in [1.807, 2.05) is 36.4 Å². The Balaban J connectivity index is 0.000000219. The Bertz CT molecular complexity index is 2990. The van der Waals surface area contributed by atoms with Crippen LogP contribution < -0.4 is 10.1 Å². The van der Waals surface area contributed by atoms with Gasteiger partial charge in [-0.05, 0) is 101 Å². The Morgan fingerprint density at radius 1 is 0.867 bits per heavy atom. The van der Waals surface area contributed by atoms with Gasteiger partial charge in [0.1, 0.15) is 4.83 Å². The van der Waals surface area contributed by atoms with Gasteiger partial charge in [0.2, 0.25) is 0 Å². The van der Waals surface area contributed by atoms with E-state index < -0.39 is 14.9 Å². The number of aryl methyl sites for hydroxylation is 2. The minimum atomic E-state index is -2.24. The van der Waals surface area contributed by atoms with Crippen LogP contribution in [-0.4, -0.2) is 18.0 Å². The first-order valence-electron chi connectivity index (χ1n) is 22.0. The average Bonchev–Trinajstić information content (AvgIpc) is 3.87. The van der Waals surface area contributed by atoms with Gasteiger partial charge >= 0.3 is 20.1 Å². The number of anilines is 2. The standard InChI is InChI=1S/C35H27N3S.C18H24NSi.Ir/c1-20-17-25-23-9-5-6-10-27(23)35(3,4)28(25)19-31(20)38-30-12-8-7-11-29(30)37-33(38)22-14-16-32-26(18-22)24-15-13-21(2)36-34(24)39-32;1-14(2)11-16-12-17(15-9-7-6-8-10-15)19-13-18(16)20(3,4)5;/h5-13,15-19,33H,1-4H3;6-9,12-14H,11H2,1-5H3;/q-2;-1;+3/i2D3;;. The summed E-state index contributed by atoms with van der Waals surface area (Å²) in [6, 6.07) is 46.6. The van der Waals surface area contributed by atoms with Crippen LogP contribution in [0.5, 0.6) is 0 Å².